The number of oxime groups is 1. The average Bonchev–Trinajstić information content (AvgIpc) is 2.94. The Balaban J connectivity index is 2.32. The summed E-state index contributed by atoms with van der Waals surface area (Å²) in [6.45, 7) is 1.21. The predicted molar refractivity (Wildman–Crippen MR) is 76.7 cm³/mol. The predicted octanol–water partition coefficient (Wildman–Crippen LogP) is 2.76. The molecule has 0 N–H and O–H groups in total. The van der Waals surface area contributed by atoms with Gasteiger partial charge < -0.3 is 14.0 Å². The van der Waals surface area contributed by atoms with Crippen LogP contribution in [0.25, 0.3) is 11.3 Å². The van der Waals surface area contributed by atoms with E-state index >= 15 is 0 Å². The van der Waals surface area contributed by atoms with Crippen molar-refractivity contribution in [3.8, 4) is 17.1 Å². The Kier molecular flexibility index (Phi) is 4.52. The molecule has 1 heterocycles. The third-order valence-corrected chi connectivity index (χ3v) is 2.66. The molecule has 0 aliphatic heterocycles. The fourth-order valence-electron chi connectivity index (χ4n) is 1.72. The third kappa shape index (κ3) is 3.48. The average molecular weight is 304 g/mol. The van der Waals surface area contributed by atoms with Gasteiger partial charge in [0.1, 0.15) is 23.5 Å². The van der Waals surface area contributed by atoms with Gasteiger partial charge in [0.05, 0.1) is 23.7 Å². The number of carbonyl (C=O) groups excluding carboxylic acids is 1. The van der Waals surface area contributed by atoms with Crippen LogP contribution in [0, 0.1) is 10.1 Å². The molecule has 1 aromatic carbocycles. The van der Waals surface area contributed by atoms with Gasteiger partial charge in [-0.3, -0.25) is 10.1 Å². The van der Waals surface area contributed by atoms with Crippen molar-refractivity contribution in [2.24, 2.45) is 5.16 Å². The number of nitro benzene ring substituents is 1. The van der Waals surface area contributed by atoms with Crippen LogP contribution in [-0.4, -0.2) is 24.2 Å². The van der Waals surface area contributed by atoms with Crippen LogP contribution in [0.1, 0.15) is 12.7 Å². The van der Waals surface area contributed by atoms with Crippen molar-refractivity contribution in [3.63, 3.8) is 0 Å². The van der Waals surface area contributed by atoms with Gasteiger partial charge in [-0.05, 0) is 24.3 Å². The molecule has 0 saturated carbocycles. The summed E-state index contributed by atoms with van der Waals surface area (Å²) in [5, 5.41) is 14.6. The van der Waals surface area contributed by atoms with Gasteiger partial charge in [-0.2, -0.15) is 0 Å². The lowest BCUT2D eigenvalue weighted by molar-refractivity contribution is -0.384. The molecule has 22 heavy (non-hydrogen) atoms. The number of nitro groups is 1. The fraction of sp³-hybridized carbons (Fsp3) is 0.143. The summed E-state index contributed by atoms with van der Waals surface area (Å²) in [6.07, 6.45) is 1.19. The highest BCUT2D eigenvalue weighted by atomic mass is 16.7. The van der Waals surface area contributed by atoms with Gasteiger partial charge in [0.25, 0.3) is 5.69 Å². The molecule has 0 saturated heterocycles. The Morgan fingerprint density at radius 2 is 2.14 bits per heavy atom. The second-order valence-corrected chi connectivity index (χ2v) is 4.16. The number of furan rings is 1. The largest absolute Gasteiger partial charge is 0.497 e. The van der Waals surface area contributed by atoms with Gasteiger partial charge in [-0.1, -0.05) is 5.16 Å². The van der Waals surface area contributed by atoms with Crippen molar-refractivity contribution in [1.29, 1.82) is 0 Å². The fourth-order valence-corrected chi connectivity index (χ4v) is 1.72. The first-order valence-electron chi connectivity index (χ1n) is 6.15. The van der Waals surface area contributed by atoms with Crippen LogP contribution in [0.4, 0.5) is 5.69 Å². The Hall–Kier alpha value is -3.16. The van der Waals surface area contributed by atoms with E-state index in [-0.39, 0.29) is 5.69 Å². The summed E-state index contributed by atoms with van der Waals surface area (Å²) in [6, 6.07) is 7.55. The summed E-state index contributed by atoms with van der Waals surface area (Å²) >= 11 is 0. The highest BCUT2D eigenvalue weighted by molar-refractivity contribution is 5.79. The molecule has 2 aromatic rings. The van der Waals surface area contributed by atoms with Gasteiger partial charge in [0, 0.05) is 6.92 Å². The molecule has 8 nitrogen and oxygen atoms in total. The van der Waals surface area contributed by atoms with Crippen molar-refractivity contribution in [1.82, 2.24) is 0 Å². The SMILES string of the molecule is COc1ccc(-c2ccc(/C=N\OC(C)=O)o2)c([N+](=O)[O-])c1. The van der Waals surface area contributed by atoms with Gasteiger partial charge in [0.2, 0.25) is 0 Å². The van der Waals surface area contributed by atoms with E-state index < -0.39 is 10.9 Å². The van der Waals surface area contributed by atoms with E-state index in [1.807, 2.05) is 0 Å². The molecule has 1 aromatic heterocycles. The molecule has 0 aliphatic carbocycles. The van der Waals surface area contributed by atoms with E-state index in [1.165, 1.54) is 32.4 Å². The van der Waals surface area contributed by atoms with Crippen molar-refractivity contribution < 1.29 is 23.7 Å². The van der Waals surface area contributed by atoms with Gasteiger partial charge in [0.15, 0.2) is 0 Å². The topological polar surface area (TPSA) is 104 Å². The first kappa shape index (κ1) is 15.2. The maximum absolute atomic E-state index is 11.1. The standard InChI is InChI=1S/C14H12N2O6/c1-9(17)22-15-8-11-4-6-14(21-11)12-5-3-10(20-2)7-13(12)16(18)19/h3-8H,1-2H3/b15-8-. The number of hydrogen-bond acceptors (Lipinski definition) is 7. The Morgan fingerprint density at radius 1 is 1.36 bits per heavy atom. The summed E-state index contributed by atoms with van der Waals surface area (Å²) in [7, 11) is 1.43. The summed E-state index contributed by atoms with van der Waals surface area (Å²) < 4.78 is 10.4. The van der Waals surface area contributed by atoms with E-state index in [0.29, 0.717) is 22.8 Å². The lowest BCUT2D eigenvalue weighted by Crippen LogP contribution is -1.93. The number of nitrogens with zero attached hydrogens (tertiary/aromatic N) is 2. The molecule has 114 valence electrons. The molecule has 2 rings (SSSR count). The van der Waals surface area contributed by atoms with Crippen molar-refractivity contribution in [2.45, 2.75) is 6.92 Å². The minimum Gasteiger partial charge on any atom is -0.497 e. The smallest absolute Gasteiger partial charge is 0.331 e. The molecule has 0 fully saturated rings. The highest BCUT2D eigenvalue weighted by Crippen LogP contribution is 2.33. The molecule has 0 unspecified atom stereocenters. The maximum Gasteiger partial charge on any atom is 0.331 e. The Bertz CT molecular complexity index is 735. The summed E-state index contributed by atoms with van der Waals surface area (Å²) in [5.74, 6) is 0.396. The van der Waals surface area contributed by atoms with Crippen LogP contribution in [0.3, 0.4) is 0 Å². The first-order valence-corrected chi connectivity index (χ1v) is 6.15. The van der Waals surface area contributed by atoms with Crippen molar-refractivity contribution >= 4 is 17.9 Å². The van der Waals surface area contributed by atoms with Crippen LogP contribution in [0.15, 0.2) is 39.9 Å². The van der Waals surface area contributed by atoms with Crippen LogP contribution in [0.5, 0.6) is 5.75 Å². The zero-order chi connectivity index (χ0) is 16.1. The molecule has 0 bridgehead atoms. The summed E-state index contributed by atoms with van der Waals surface area (Å²) in [4.78, 5) is 25.6. The number of ether oxygens (including phenoxy) is 1. The summed E-state index contributed by atoms with van der Waals surface area (Å²) in [5.41, 5.74) is 0.162. The van der Waals surface area contributed by atoms with Crippen LogP contribution in [-0.2, 0) is 9.63 Å². The van der Waals surface area contributed by atoms with E-state index in [4.69, 9.17) is 9.15 Å². The lowest BCUT2D eigenvalue weighted by atomic mass is 10.1. The minimum absolute atomic E-state index is 0.142. The van der Waals surface area contributed by atoms with Crippen molar-refractivity contribution in [3.05, 3.63) is 46.2 Å². The highest BCUT2D eigenvalue weighted by Gasteiger charge is 2.19. The molecule has 0 atom stereocenters. The second-order valence-electron chi connectivity index (χ2n) is 4.16. The van der Waals surface area contributed by atoms with Gasteiger partial charge in [-0.25, -0.2) is 4.79 Å². The number of benzene rings is 1. The van der Waals surface area contributed by atoms with Crippen LogP contribution in [0.2, 0.25) is 0 Å². The molecular weight excluding hydrogens is 292 g/mol. The zero-order valence-electron chi connectivity index (χ0n) is 11.8. The van der Waals surface area contributed by atoms with Crippen molar-refractivity contribution in [2.75, 3.05) is 7.11 Å². The molecule has 0 spiro atoms. The lowest BCUT2D eigenvalue weighted by Gasteiger charge is -2.03. The Morgan fingerprint density at radius 3 is 2.77 bits per heavy atom. The zero-order valence-corrected chi connectivity index (χ0v) is 11.8. The maximum atomic E-state index is 11.1. The minimum atomic E-state index is -0.561. The second kappa shape index (κ2) is 6.53. The molecule has 8 heteroatoms. The van der Waals surface area contributed by atoms with E-state index in [9.17, 15) is 14.9 Å². The van der Waals surface area contributed by atoms with Gasteiger partial charge >= 0.3 is 5.97 Å². The third-order valence-electron chi connectivity index (χ3n) is 2.66. The van der Waals surface area contributed by atoms with E-state index in [2.05, 4.69) is 9.99 Å². The molecule has 0 aliphatic rings. The number of methoxy groups -OCH3 is 1. The van der Waals surface area contributed by atoms with Crippen LogP contribution >= 0.6 is 0 Å². The molecule has 0 radical (unpaired) electrons. The van der Waals surface area contributed by atoms with E-state index in [0.717, 1.165) is 0 Å². The molecule has 0 amide bonds. The molecular formula is C14H12N2O6. The van der Waals surface area contributed by atoms with Crippen LogP contribution < -0.4 is 4.74 Å². The Labute approximate surface area is 125 Å². The normalized spacial score (nSPS) is 10.6. The number of carbonyl (C=O) groups is 1. The number of rotatable bonds is 5. The monoisotopic (exact) mass is 304 g/mol. The quantitative estimate of drug-likeness (QED) is 0.364. The number of hydrogen-bond donors (Lipinski definition) is 0. The van der Waals surface area contributed by atoms with Gasteiger partial charge in [-0.15, -0.1) is 0 Å². The van der Waals surface area contributed by atoms with E-state index in [1.54, 1.807) is 18.2 Å². The first-order chi connectivity index (χ1) is 10.5.